The maximum Gasteiger partial charge on any atom is 0.0647 e. The fourth-order valence-corrected chi connectivity index (χ4v) is 1.34. The molecule has 0 bridgehead atoms. The van der Waals surface area contributed by atoms with Crippen LogP contribution in [-0.4, -0.2) is 20.7 Å². The van der Waals surface area contributed by atoms with Crippen LogP contribution in [0.1, 0.15) is 36.6 Å². The Labute approximate surface area is 85.2 Å². The predicted molar refractivity (Wildman–Crippen MR) is 56.2 cm³/mol. The summed E-state index contributed by atoms with van der Waals surface area (Å²) >= 11 is 0. The van der Waals surface area contributed by atoms with Crippen molar-refractivity contribution in [2.45, 2.75) is 46.6 Å². The Bertz CT molecular complexity index is 340. The van der Waals surface area contributed by atoms with Crippen molar-refractivity contribution in [3.05, 3.63) is 22.8 Å². The van der Waals surface area contributed by atoms with Crippen LogP contribution in [0.15, 0.2) is 0 Å². The number of hydrogen-bond donors (Lipinski definition) is 1. The zero-order valence-corrected chi connectivity index (χ0v) is 9.55. The summed E-state index contributed by atoms with van der Waals surface area (Å²) in [4.78, 5) is 8.82. The topological polar surface area (TPSA) is 46.0 Å². The minimum Gasteiger partial charge on any atom is -0.390 e. The van der Waals surface area contributed by atoms with E-state index in [-0.39, 0.29) is 0 Å². The van der Waals surface area contributed by atoms with Gasteiger partial charge < -0.3 is 5.11 Å². The van der Waals surface area contributed by atoms with Gasteiger partial charge in [0.2, 0.25) is 0 Å². The smallest absolute Gasteiger partial charge is 0.0647 e. The number of aryl methyl sites for hydroxylation is 3. The molecule has 0 saturated carbocycles. The minimum absolute atomic E-state index is 0.549. The lowest BCUT2D eigenvalue weighted by Crippen LogP contribution is -2.23. The van der Waals surface area contributed by atoms with Crippen LogP contribution in [0.3, 0.4) is 0 Å². The van der Waals surface area contributed by atoms with Crippen molar-refractivity contribution < 1.29 is 5.11 Å². The van der Waals surface area contributed by atoms with Gasteiger partial charge in [-0.05, 0) is 34.6 Å². The van der Waals surface area contributed by atoms with E-state index in [0.717, 1.165) is 22.8 Å². The number of nitrogens with zero attached hydrogens (tertiary/aromatic N) is 2. The van der Waals surface area contributed by atoms with E-state index < -0.39 is 5.60 Å². The van der Waals surface area contributed by atoms with E-state index in [1.165, 1.54) is 0 Å². The number of aliphatic hydroxyl groups is 1. The second-order valence-electron chi connectivity index (χ2n) is 4.42. The first kappa shape index (κ1) is 11.1. The van der Waals surface area contributed by atoms with Crippen LogP contribution >= 0.6 is 0 Å². The van der Waals surface area contributed by atoms with Crippen molar-refractivity contribution in [1.29, 1.82) is 0 Å². The van der Waals surface area contributed by atoms with E-state index in [0.29, 0.717) is 6.42 Å². The van der Waals surface area contributed by atoms with E-state index in [1.807, 2.05) is 20.8 Å². The molecule has 0 radical (unpaired) electrons. The summed E-state index contributed by atoms with van der Waals surface area (Å²) in [5.74, 6) is 0. The van der Waals surface area contributed by atoms with Gasteiger partial charge in [-0.25, -0.2) is 0 Å². The molecule has 0 aromatic carbocycles. The van der Waals surface area contributed by atoms with Crippen LogP contribution in [0.4, 0.5) is 0 Å². The van der Waals surface area contributed by atoms with Crippen LogP contribution in [0, 0.1) is 20.8 Å². The molecule has 1 aromatic rings. The predicted octanol–water partition coefficient (Wildman–Crippen LogP) is 1.72. The normalized spacial score (nSPS) is 11.9. The molecule has 0 saturated heterocycles. The molecule has 78 valence electrons. The molecule has 1 N–H and O–H groups in total. The summed E-state index contributed by atoms with van der Waals surface area (Å²) in [6, 6.07) is 0. The third-order valence-electron chi connectivity index (χ3n) is 2.18. The maximum absolute atomic E-state index is 9.69. The van der Waals surface area contributed by atoms with Crippen molar-refractivity contribution in [1.82, 2.24) is 9.97 Å². The summed E-state index contributed by atoms with van der Waals surface area (Å²) < 4.78 is 0. The third-order valence-corrected chi connectivity index (χ3v) is 2.18. The largest absolute Gasteiger partial charge is 0.390 e. The molecule has 1 aromatic heterocycles. The van der Waals surface area contributed by atoms with Crippen molar-refractivity contribution in [3.63, 3.8) is 0 Å². The van der Waals surface area contributed by atoms with Gasteiger partial charge in [-0.1, -0.05) is 0 Å². The second-order valence-corrected chi connectivity index (χ2v) is 4.42. The highest BCUT2D eigenvalue weighted by Gasteiger charge is 2.17. The van der Waals surface area contributed by atoms with Crippen LogP contribution in [0.2, 0.25) is 0 Å². The van der Waals surface area contributed by atoms with Gasteiger partial charge in [0.05, 0.1) is 28.4 Å². The van der Waals surface area contributed by atoms with E-state index in [1.54, 1.807) is 13.8 Å². The Hall–Kier alpha value is -0.960. The molecule has 3 heteroatoms. The quantitative estimate of drug-likeness (QED) is 0.779. The summed E-state index contributed by atoms with van der Waals surface area (Å²) in [6.45, 7) is 9.38. The molecule has 1 heterocycles. The van der Waals surface area contributed by atoms with E-state index >= 15 is 0 Å². The average molecular weight is 194 g/mol. The maximum atomic E-state index is 9.69. The van der Waals surface area contributed by atoms with Gasteiger partial charge in [-0.15, -0.1) is 0 Å². The van der Waals surface area contributed by atoms with E-state index in [4.69, 9.17) is 0 Å². The standard InChI is InChI=1S/C11H18N2O/c1-7-8(2)13-10(9(3)12-7)6-11(4,5)14/h14H,6H2,1-5H3. The Balaban J connectivity index is 3.04. The molecular weight excluding hydrogens is 176 g/mol. The van der Waals surface area contributed by atoms with Crippen LogP contribution < -0.4 is 0 Å². The highest BCUT2D eigenvalue weighted by Crippen LogP contribution is 2.14. The van der Waals surface area contributed by atoms with Crippen LogP contribution in [-0.2, 0) is 6.42 Å². The van der Waals surface area contributed by atoms with Crippen molar-refractivity contribution in [2.24, 2.45) is 0 Å². The molecule has 0 aliphatic heterocycles. The Morgan fingerprint density at radius 2 is 1.50 bits per heavy atom. The van der Waals surface area contributed by atoms with Gasteiger partial charge in [-0.3, -0.25) is 9.97 Å². The SMILES string of the molecule is Cc1nc(C)c(CC(C)(C)O)nc1C. The van der Waals surface area contributed by atoms with Gasteiger partial charge >= 0.3 is 0 Å². The molecule has 0 aliphatic rings. The second kappa shape index (κ2) is 3.65. The zero-order valence-electron chi connectivity index (χ0n) is 9.55. The summed E-state index contributed by atoms with van der Waals surface area (Å²) in [5.41, 5.74) is 2.98. The fraction of sp³-hybridized carbons (Fsp3) is 0.636. The lowest BCUT2D eigenvalue weighted by atomic mass is 10.0. The molecular formula is C11H18N2O. The van der Waals surface area contributed by atoms with E-state index in [9.17, 15) is 5.11 Å². The van der Waals surface area contributed by atoms with Crippen molar-refractivity contribution in [2.75, 3.05) is 0 Å². The first-order valence-corrected chi connectivity index (χ1v) is 4.83. The summed E-state index contributed by atoms with van der Waals surface area (Å²) in [5, 5.41) is 9.69. The molecule has 0 atom stereocenters. The van der Waals surface area contributed by atoms with Crippen LogP contribution in [0.25, 0.3) is 0 Å². The minimum atomic E-state index is -0.721. The molecule has 14 heavy (non-hydrogen) atoms. The summed E-state index contributed by atoms with van der Waals surface area (Å²) in [7, 11) is 0. The third kappa shape index (κ3) is 2.77. The molecule has 0 unspecified atom stereocenters. The van der Waals surface area contributed by atoms with Gasteiger partial charge in [0, 0.05) is 6.42 Å². The zero-order chi connectivity index (χ0) is 10.9. The molecule has 0 spiro atoms. The highest BCUT2D eigenvalue weighted by molar-refractivity contribution is 5.18. The summed E-state index contributed by atoms with van der Waals surface area (Å²) in [6.07, 6.45) is 0.549. The van der Waals surface area contributed by atoms with E-state index in [2.05, 4.69) is 9.97 Å². The molecule has 1 rings (SSSR count). The Kier molecular flexibility index (Phi) is 2.90. The molecule has 0 amide bonds. The first-order valence-electron chi connectivity index (χ1n) is 4.83. The molecule has 3 nitrogen and oxygen atoms in total. The number of aromatic nitrogens is 2. The van der Waals surface area contributed by atoms with Gasteiger partial charge in [0.1, 0.15) is 0 Å². The molecule has 0 fully saturated rings. The van der Waals surface area contributed by atoms with Gasteiger partial charge in [-0.2, -0.15) is 0 Å². The number of hydrogen-bond acceptors (Lipinski definition) is 3. The lowest BCUT2D eigenvalue weighted by molar-refractivity contribution is 0.0796. The Morgan fingerprint density at radius 3 is 2.00 bits per heavy atom. The fourth-order valence-electron chi connectivity index (χ4n) is 1.34. The first-order chi connectivity index (χ1) is 6.29. The molecule has 0 aliphatic carbocycles. The Morgan fingerprint density at radius 1 is 1.00 bits per heavy atom. The highest BCUT2D eigenvalue weighted by atomic mass is 16.3. The lowest BCUT2D eigenvalue weighted by Gasteiger charge is -2.18. The monoisotopic (exact) mass is 194 g/mol. The van der Waals surface area contributed by atoms with Crippen LogP contribution in [0.5, 0.6) is 0 Å². The number of rotatable bonds is 2. The van der Waals surface area contributed by atoms with Gasteiger partial charge in [0.25, 0.3) is 0 Å². The average Bonchev–Trinajstić information content (AvgIpc) is 1.97. The van der Waals surface area contributed by atoms with Crippen molar-refractivity contribution >= 4 is 0 Å². The van der Waals surface area contributed by atoms with Gasteiger partial charge in [0.15, 0.2) is 0 Å². The van der Waals surface area contributed by atoms with Crippen molar-refractivity contribution in [3.8, 4) is 0 Å².